The molecule has 0 saturated heterocycles. The summed E-state index contributed by atoms with van der Waals surface area (Å²) in [7, 11) is 3.24. The molecule has 0 aliphatic carbocycles. The van der Waals surface area contributed by atoms with E-state index in [1.807, 2.05) is 47.4 Å². The van der Waals surface area contributed by atoms with Crippen LogP contribution >= 0.6 is 0 Å². The van der Waals surface area contributed by atoms with E-state index in [1.54, 1.807) is 45.4 Å². The SMILES string of the molecule is COc1cc2c(cc1OC)C(c1ccccc1)N(C(=O)C(C)Oc1ccc(C#N)cc1)CC2. The summed E-state index contributed by atoms with van der Waals surface area (Å²) in [4.78, 5) is 15.5. The molecule has 0 saturated carbocycles. The lowest BCUT2D eigenvalue weighted by Gasteiger charge is -2.39. The fourth-order valence-electron chi connectivity index (χ4n) is 4.27. The number of ether oxygens (including phenoxy) is 3. The van der Waals surface area contributed by atoms with Crippen LogP contribution < -0.4 is 14.2 Å². The van der Waals surface area contributed by atoms with Crippen LogP contribution in [-0.2, 0) is 11.2 Å². The predicted molar refractivity (Wildman–Crippen MR) is 124 cm³/mol. The zero-order chi connectivity index (χ0) is 23.4. The molecule has 0 spiro atoms. The van der Waals surface area contributed by atoms with Gasteiger partial charge in [-0.05, 0) is 66.4 Å². The minimum Gasteiger partial charge on any atom is -0.493 e. The molecule has 0 bridgehead atoms. The van der Waals surface area contributed by atoms with Crippen LogP contribution in [0.25, 0.3) is 0 Å². The molecular weight excluding hydrogens is 416 g/mol. The number of benzene rings is 3. The molecule has 0 aromatic heterocycles. The van der Waals surface area contributed by atoms with Crippen molar-refractivity contribution in [2.45, 2.75) is 25.5 Å². The van der Waals surface area contributed by atoms with Crippen LogP contribution in [0.2, 0.25) is 0 Å². The molecule has 0 radical (unpaired) electrons. The van der Waals surface area contributed by atoms with Crippen molar-refractivity contribution in [2.24, 2.45) is 0 Å². The number of fused-ring (bicyclic) bond motifs is 1. The molecule has 1 aliphatic rings. The smallest absolute Gasteiger partial charge is 0.264 e. The average Bonchev–Trinajstić information content (AvgIpc) is 2.87. The van der Waals surface area contributed by atoms with Gasteiger partial charge in [0, 0.05) is 6.54 Å². The van der Waals surface area contributed by atoms with Gasteiger partial charge in [-0.2, -0.15) is 5.26 Å². The topological polar surface area (TPSA) is 71.8 Å². The first-order valence-corrected chi connectivity index (χ1v) is 10.8. The zero-order valence-electron chi connectivity index (χ0n) is 18.9. The standard InChI is InChI=1S/C27H26N2O4/c1-18(33-22-11-9-19(17-28)10-12-22)27(30)29-14-13-21-15-24(31-2)25(32-3)16-23(21)26(29)20-7-5-4-6-8-20/h4-12,15-16,18,26H,13-14H2,1-3H3. The minimum absolute atomic E-state index is 0.103. The lowest BCUT2D eigenvalue weighted by atomic mass is 9.87. The van der Waals surface area contributed by atoms with E-state index in [0.29, 0.717) is 35.8 Å². The van der Waals surface area contributed by atoms with E-state index in [4.69, 9.17) is 19.5 Å². The molecule has 3 aromatic rings. The van der Waals surface area contributed by atoms with Gasteiger partial charge in [-0.25, -0.2) is 0 Å². The average molecular weight is 443 g/mol. The van der Waals surface area contributed by atoms with Gasteiger partial charge < -0.3 is 19.1 Å². The molecule has 1 aliphatic heterocycles. The number of nitriles is 1. The Morgan fingerprint density at radius 2 is 1.70 bits per heavy atom. The third-order valence-corrected chi connectivity index (χ3v) is 5.92. The van der Waals surface area contributed by atoms with Crippen LogP contribution in [0.5, 0.6) is 17.2 Å². The van der Waals surface area contributed by atoms with Gasteiger partial charge in [0.2, 0.25) is 0 Å². The van der Waals surface area contributed by atoms with E-state index < -0.39 is 6.10 Å². The summed E-state index contributed by atoms with van der Waals surface area (Å²) >= 11 is 0. The molecule has 1 heterocycles. The minimum atomic E-state index is -0.689. The number of nitrogens with zero attached hydrogens (tertiary/aromatic N) is 2. The first-order valence-electron chi connectivity index (χ1n) is 10.8. The number of carbonyl (C=O) groups is 1. The Balaban J connectivity index is 1.68. The fourth-order valence-corrected chi connectivity index (χ4v) is 4.27. The molecule has 0 N–H and O–H groups in total. The van der Waals surface area contributed by atoms with Gasteiger partial charge in [-0.3, -0.25) is 4.79 Å². The maximum atomic E-state index is 13.6. The molecular formula is C27H26N2O4. The van der Waals surface area contributed by atoms with Crippen molar-refractivity contribution >= 4 is 5.91 Å². The Labute approximate surface area is 193 Å². The van der Waals surface area contributed by atoms with E-state index in [2.05, 4.69) is 6.07 Å². The van der Waals surface area contributed by atoms with Gasteiger partial charge >= 0.3 is 0 Å². The summed E-state index contributed by atoms with van der Waals surface area (Å²) in [6.07, 6.45) is 0.0137. The van der Waals surface area contributed by atoms with E-state index >= 15 is 0 Å². The molecule has 0 fully saturated rings. The fraction of sp³-hybridized carbons (Fsp3) is 0.259. The van der Waals surface area contributed by atoms with E-state index in [1.165, 1.54) is 0 Å². The Morgan fingerprint density at radius 3 is 2.33 bits per heavy atom. The highest BCUT2D eigenvalue weighted by molar-refractivity contribution is 5.82. The van der Waals surface area contributed by atoms with E-state index in [0.717, 1.165) is 16.7 Å². The summed E-state index contributed by atoms with van der Waals surface area (Å²) in [5.41, 5.74) is 3.71. The van der Waals surface area contributed by atoms with Crippen LogP contribution in [0.4, 0.5) is 0 Å². The number of rotatable bonds is 6. The van der Waals surface area contributed by atoms with E-state index in [-0.39, 0.29) is 11.9 Å². The summed E-state index contributed by atoms with van der Waals surface area (Å²) < 4.78 is 17.0. The van der Waals surface area contributed by atoms with E-state index in [9.17, 15) is 4.79 Å². The van der Waals surface area contributed by atoms with Crippen LogP contribution in [0.3, 0.4) is 0 Å². The number of methoxy groups -OCH3 is 2. The largest absolute Gasteiger partial charge is 0.493 e. The number of hydrogen-bond donors (Lipinski definition) is 0. The van der Waals surface area contributed by atoms with Crippen molar-refractivity contribution in [2.75, 3.05) is 20.8 Å². The lowest BCUT2D eigenvalue weighted by Crippen LogP contribution is -2.46. The van der Waals surface area contributed by atoms with Crippen molar-refractivity contribution in [3.63, 3.8) is 0 Å². The monoisotopic (exact) mass is 442 g/mol. The zero-order valence-corrected chi connectivity index (χ0v) is 18.9. The van der Waals surface area contributed by atoms with Crippen LogP contribution in [0.1, 0.15) is 35.2 Å². The highest BCUT2D eigenvalue weighted by Crippen LogP contribution is 2.41. The number of hydrogen-bond acceptors (Lipinski definition) is 5. The van der Waals surface area contributed by atoms with Gasteiger partial charge in [-0.1, -0.05) is 30.3 Å². The lowest BCUT2D eigenvalue weighted by molar-refractivity contribution is -0.140. The van der Waals surface area contributed by atoms with Crippen molar-refractivity contribution in [1.29, 1.82) is 5.26 Å². The molecule has 6 nitrogen and oxygen atoms in total. The Kier molecular flexibility index (Phi) is 6.50. The van der Waals surface area contributed by atoms with Crippen LogP contribution in [-0.4, -0.2) is 37.7 Å². The van der Waals surface area contributed by atoms with Crippen molar-refractivity contribution < 1.29 is 19.0 Å². The first-order chi connectivity index (χ1) is 16.0. The summed E-state index contributed by atoms with van der Waals surface area (Å²) in [6.45, 7) is 2.31. The third kappa shape index (κ3) is 4.49. The number of carbonyl (C=O) groups excluding carboxylic acids is 1. The van der Waals surface area contributed by atoms with Gasteiger partial charge in [0.1, 0.15) is 5.75 Å². The first kappa shape index (κ1) is 22.2. The highest BCUT2D eigenvalue weighted by Gasteiger charge is 2.35. The van der Waals surface area contributed by atoms with Crippen molar-refractivity contribution in [3.05, 3.63) is 89.0 Å². The Morgan fingerprint density at radius 1 is 1.03 bits per heavy atom. The number of amides is 1. The van der Waals surface area contributed by atoms with Gasteiger partial charge in [0.05, 0.1) is 31.9 Å². The normalized spacial score (nSPS) is 15.7. The Hall–Kier alpha value is -3.98. The molecule has 3 aromatic carbocycles. The summed E-state index contributed by atoms with van der Waals surface area (Å²) in [6, 6.07) is 22.5. The maximum absolute atomic E-state index is 13.6. The predicted octanol–water partition coefficient (Wildman–Crippen LogP) is 4.52. The maximum Gasteiger partial charge on any atom is 0.264 e. The quantitative estimate of drug-likeness (QED) is 0.561. The summed E-state index contributed by atoms with van der Waals surface area (Å²) in [5.74, 6) is 1.76. The summed E-state index contributed by atoms with van der Waals surface area (Å²) in [5, 5.41) is 8.99. The molecule has 1 amide bonds. The second kappa shape index (κ2) is 9.66. The van der Waals surface area contributed by atoms with Gasteiger partial charge in [0.25, 0.3) is 5.91 Å². The van der Waals surface area contributed by atoms with Crippen molar-refractivity contribution in [1.82, 2.24) is 4.90 Å². The molecule has 168 valence electrons. The van der Waals surface area contributed by atoms with Gasteiger partial charge in [0.15, 0.2) is 17.6 Å². The second-order valence-electron chi connectivity index (χ2n) is 7.90. The van der Waals surface area contributed by atoms with Crippen LogP contribution in [0, 0.1) is 11.3 Å². The molecule has 2 unspecified atom stereocenters. The van der Waals surface area contributed by atoms with Crippen LogP contribution in [0.15, 0.2) is 66.7 Å². The third-order valence-electron chi connectivity index (χ3n) is 5.92. The second-order valence-corrected chi connectivity index (χ2v) is 7.90. The molecule has 2 atom stereocenters. The highest BCUT2D eigenvalue weighted by atomic mass is 16.5. The Bertz CT molecular complexity index is 1170. The van der Waals surface area contributed by atoms with Crippen molar-refractivity contribution in [3.8, 4) is 23.3 Å². The molecule has 6 heteroatoms. The molecule has 33 heavy (non-hydrogen) atoms. The molecule has 4 rings (SSSR count). The van der Waals surface area contributed by atoms with Gasteiger partial charge in [-0.15, -0.1) is 0 Å².